The first kappa shape index (κ1) is 17.2. The van der Waals surface area contributed by atoms with E-state index in [9.17, 15) is 14.3 Å². The van der Waals surface area contributed by atoms with Crippen LogP contribution in [0.1, 0.15) is 61.4 Å². The number of hydrogen-bond acceptors (Lipinski definition) is 3. The molecule has 24 heavy (non-hydrogen) atoms. The first-order valence-corrected chi connectivity index (χ1v) is 9.05. The lowest BCUT2D eigenvalue weighted by atomic mass is 9.90. The zero-order chi connectivity index (χ0) is 17.1. The zero-order valence-corrected chi connectivity index (χ0v) is 14.3. The predicted octanol–water partition coefficient (Wildman–Crippen LogP) is 3.87. The molecule has 1 aromatic carbocycles. The number of carboxylic acid groups (broad SMARTS) is 1. The summed E-state index contributed by atoms with van der Waals surface area (Å²) in [6.45, 7) is 3.57. The standard InChI is InChI=1S/C19H26FNO3/c1-2-10-21(13-6-4-3-5-7-13)14-11-16-15(19(22)23)8-9-17(20)18(16)24-12-14/h8-9,13-14H,2-7,10-12H2,1H3,(H,22,23). The number of carboxylic acids is 1. The molecular formula is C19H26FNO3. The molecule has 2 aliphatic rings. The van der Waals surface area contributed by atoms with Crippen molar-refractivity contribution in [1.29, 1.82) is 0 Å². The summed E-state index contributed by atoms with van der Waals surface area (Å²) < 4.78 is 19.7. The van der Waals surface area contributed by atoms with Crippen LogP contribution < -0.4 is 4.74 Å². The fourth-order valence-electron chi connectivity index (χ4n) is 4.18. The number of ether oxygens (including phenoxy) is 1. The predicted molar refractivity (Wildman–Crippen MR) is 90.2 cm³/mol. The molecule has 0 spiro atoms. The van der Waals surface area contributed by atoms with Crippen LogP contribution in [0.2, 0.25) is 0 Å². The molecule has 0 amide bonds. The summed E-state index contributed by atoms with van der Waals surface area (Å²) in [5.74, 6) is -1.35. The molecular weight excluding hydrogens is 309 g/mol. The molecule has 1 heterocycles. The SMILES string of the molecule is CCCN(C1CCCCC1)C1COc2c(F)ccc(C(=O)O)c2C1. The van der Waals surface area contributed by atoms with Gasteiger partial charge in [-0.1, -0.05) is 26.2 Å². The van der Waals surface area contributed by atoms with E-state index in [4.69, 9.17) is 4.74 Å². The Labute approximate surface area is 142 Å². The number of nitrogens with zero attached hydrogens (tertiary/aromatic N) is 1. The number of hydrogen-bond donors (Lipinski definition) is 1. The van der Waals surface area contributed by atoms with Gasteiger partial charge in [0.2, 0.25) is 0 Å². The van der Waals surface area contributed by atoms with Gasteiger partial charge in [-0.05, 0) is 44.4 Å². The summed E-state index contributed by atoms with van der Waals surface area (Å²) in [6, 6.07) is 3.21. The van der Waals surface area contributed by atoms with Gasteiger partial charge in [0.1, 0.15) is 6.61 Å². The molecule has 0 aromatic heterocycles. The summed E-state index contributed by atoms with van der Waals surface area (Å²) in [5.41, 5.74) is 0.673. The highest BCUT2D eigenvalue weighted by Crippen LogP contribution is 2.34. The Morgan fingerprint density at radius 3 is 2.71 bits per heavy atom. The Hall–Kier alpha value is -1.62. The van der Waals surface area contributed by atoms with Crippen molar-refractivity contribution in [1.82, 2.24) is 4.90 Å². The van der Waals surface area contributed by atoms with Crippen LogP contribution in [0.5, 0.6) is 5.75 Å². The molecule has 1 atom stereocenters. The number of carbonyl (C=O) groups is 1. The van der Waals surface area contributed by atoms with Gasteiger partial charge in [0.25, 0.3) is 0 Å². The summed E-state index contributed by atoms with van der Waals surface area (Å²) in [7, 11) is 0. The summed E-state index contributed by atoms with van der Waals surface area (Å²) in [6.07, 6.45) is 7.79. The average Bonchev–Trinajstić information content (AvgIpc) is 2.60. The molecule has 1 aromatic rings. The van der Waals surface area contributed by atoms with Crippen molar-refractivity contribution < 1.29 is 19.0 Å². The van der Waals surface area contributed by atoms with E-state index < -0.39 is 11.8 Å². The zero-order valence-electron chi connectivity index (χ0n) is 14.3. The fourth-order valence-corrected chi connectivity index (χ4v) is 4.18. The molecule has 3 rings (SSSR count). The van der Waals surface area contributed by atoms with Crippen LogP contribution >= 0.6 is 0 Å². The number of rotatable bonds is 5. The van der Waals surface area contributed by atoms with E-state index in [1.54, 1.807) is 0 Å². The fraction of sp³-hybridized carbons (Fsp3) is 0.632. The second-order valence-corrected chi connectivity index (χ2v) is 6.91. The number of halogens is 1. The third-order valence-electron chi connectivity index (χ3n) is 5.30. The van der Waals surface area contributed by atoms with Crippen molar-refractivity contribution in [2.45, 2.75) is 64.0 Å². The van der Waals surface area contributed by atoms with Crippen LogP contribution in [0.15, 0.2) is 12.1 Å². The smallest absolute Gasteiger partial charge is 0.336 e. The van der Waals surface area contributed by atoms with Crippen molar-refractivity contribution in [2.24, 2.45) is 0 Å². The normalized spacial score (nSPS) is 21.4. The van der Waals surface area contributed by atoms with Gasteiger partial charge in [-0.3, -0.25) is 4.90 Å². The second-order valence-electron chi connectivity index (χ2n) is 6.91. The highest BCUT2D eigenvalue weighted by molar-refractivity contribution is 5.90. The number of fused-ring (bicyclic) bond motifs is 1. The Kier molecular flexibility index (Phi) is 5.39. The van der Waals surface area contributed by atoms with E-state index in [0.717, 1.165) is 13.0 Å². The second kappa shape index (κ2) is 7.51. The molecule has 1 N–H and O–H groups in total. The van der Waals surface area contributed by atoms with Gasteiger partial charge in [0, 0.05) is 17.6 Å². The topological polar surface area (TPSA) is 49.8 Å². The van der Waals surface area contributed by atoms with Gasteiger partial charge < -0.3 is 9.84 Å². The van der Waals surface area contributed by atoms with E-state index in [1.165, 1.54) is 44.2 Å². The summed E-state index contributed by atoms with van der Waals surface area (Å²) in [4.78, 5) is 14.0. The van der Waals surface area contributed by atoms with Gasteiger partial charge in [-0.2, -0.15) is 0 Å². The Morgan fingerprint density at radius 2 is 2.04 bits per heavy atom. The Morgan fingerprint density at radius 1 is 1.29 bits per heavy atom. The van der Waals surface area contributed by atoms with E-state index in [2.05, 4.69) is 11.8 Å². The largest absolute Gasteiger partial charge is 0.489 e. The summed E-state index contributed by atoms with van der Waals surface area (Å²) >= 11 is 0. The van der Waals surface area contributed by atoms with Crippen molar-refractivity contribution in [3.8, 4) is 5.75 Å². The number of benzene rings is 1. The lowest BCUT2D eigenvalue weighted by Crippen LogP contribution is -2.50. The van der Waals surface area contributed by atoms with Crippen molar-refractivity contribution in [3.05, 3.63) is 29.1 Å². The molecule has 1 aliphatic carbocycles. The van der Waals surface area contributed by atoms with Crippen molar-refractivity contribution in [3.63, 3.8) is 0 Å². The van der Waals surface area contributed by atoms with Crippen molar-refractivity contribution >= 4 is 5.97 Å². The van der Waals surface area contributed by atoms with E-state index in [1.807, 2.05) is 0 Å². The molecule has 1 aliphatic heterocycles. The molecule has 1 saturated carbocycles. The molecule has 0 radical (unpaired) electrons. The van der Waals surface area contributed by atoms with Crippen LogP contribution in [0.4, 0.5) is 4.39 Å². The van der Waals surface area contributed by atoms with Crippen LogP contribution in [-0.2, 0) is 6.42 Å². The van der Waals surface area contributed by atoms with Gasteiger partial charge in [0.05, 0.1) is 5.56 Å². The van der Waals surface area contributed by atoms with Crippen molar-refractivity contribution in [2.75, 3.05) is 13.2 Å². The van der Waals surface area contributed by atoms with Gasteiger partial charge in [0.15, 0.2) is 11.6 Å². The maximum absolute atomic E-state index is 14.0. The van der Waals surface area contributed by atoms with Gasteiger partial charge >= 0.3 is 5.97 Å². The lowest BCUT2D eigenvalue weighted by Gasteiger charge is -2.41. The lowest BCUT2D eigenvalue weighted by molar-refractivity contribution is 0.0586. The molecule has 5 heteroatoms. The average molecular weight is 335 g/mol. The monoisotopic (exact) mass is 335 g/mol. The van der Waals surface area contributed by atoms with E-state index >= 15 is 0 Å². The van der Waals surface area contributed by atoms with E-state index in [0.29, 0.717) is 24.6 Å². The highest BCUT2D eigenvalue weighted by atomic mass is 19.1. The minimum atomic E-state index is -1.02. The minimum Gasteiger partial charge on any atom is -0.489 e. The van der Waals surface area contributed by atoms with Crippen LogP contribution in [-0.4, -0.2) is 41.2 Å². The molecule has 132 valence electrons. The Bertz CT molecular complexity index is 599. The van der Waals surface area contributed by atoms with Crippen LogP contribution in [0.3, 0.4) is 0 Å². The molecule has 1 fully saturated rings. The third kappa shape index (κ3) is 3.41. The maximum atomic E-state index is 14.0. The molecule has 4 nitrogen and oxygen atoms in total. The maximum Gasteiger partial charge on any atom is 0.336 e. The first-order valence-electron chi connectivity index (χ1n) is 9.05. The quantitative estimate of drug-likeness (QED) is 0.887. The molecule has 1 unspecified atom stereocenters. The minimum absolute atomic E-state index is 0.125. The van der Waals surface area contributed by atoms with E-state index in [-0.39, 0.29) is 17.4 Å². The summed E-state index contributed by atoms with van der Waals surface area (Å²) in [5, 5.41) is 9.42. The van der Waals surface area contributed by atoms with Crippen LogP contribution in [0.25, 0.3) is 0 Å². The van der Waals surface area contributed by atoms with Gasteiger partial charge in [-0.15, -0.1) is 0 Å². The molecule has 0 bridgehead atoms. The Balaban J connectivity index is 1.86. The highest BCUT2D eigenvalue weighted by Gasteiger charge is 2.33. The third-order valence-corrected chi connectivity index (χ3v) is 5.30. The van der Waals surface area contributed by atoms with Crippen LogP contribution in [0, 0.1) is 5.82 Å². The molecule has 0 saturated heterocycles. The van der Waals surface area contributed by atoms with Gasteiger partial charge in [-0.25, -0.2) is 9.18 Å². The first-order chi connectivity index (χ1) is 11.6. The number of aromatic carboxylic acids is 1.